The van der Waals surface area contributed by atoms with Crippen LogP contribution in [0, 0.1) is 0 Å². The second-order valence-corrected chi connectivity index (χ2v) is 3.24. The van der Waals surface area contributed by atoms with Crippen LogP contribution in [0.25, 0.3) is 0 Å². The van der Waals surface area contributed by atoms with Crippen molar-refractivity contribution in [3.63, 3.8) is 0 Å². The van der Waals surface area contributed by atoms with E-state index in [0.29, 0.717) is 0 Å². The maximum atomic E-state index is 5.97. The summed E-state index contributed by atoms with van der Waals surface area (Å²) in [6, 6.07) is 2.00. The number of hydrogen-bond donors (Lipinski definition) is 1. The molecular formula is C6H9B3ClN. The molecule has 0 atom stereocenters. The maximum absolute atomic E-state index is 5.97. The molecule has 1 aromatic carbocycles. The van der Waals surface area contributed by atoms with Gasteiger partial charge in [-0.1, -0.05) is 28.6 Å². The number of benzene rings is 1. The van der Waals surface area contributed by atoms with Crippen LogP contribution in [0.2, 0.25) is 5.02 Å². The van der Waals surface area contributed by atoms with Gasteiger partial charge in [-0.25, -0.2) is 0 Å². The van der Waals surface area contributed by atoms with E-state index in [9.17, 15) is 0 Å². The minimum atomic E-state index is 0.785. The summed E-state index contributed by atoms with van der Waals surface area (Å²) in [7, 11) is 5.92. The zero-order valence-corrected chi connectivity index (χ0v) is 7.79. The normalized spacial score (nSPS) is 9.91. The van der Waals surface area contributed by atoms with Crippen LogP contribution in [0.3, 0.4) is 0 Å². The van der Waals surface area contributed by atoms with Gasteiger partial charge >= 0.3 is 0 Å². The van der Waals surface area contributed by atoms with E-state index in [1.807, 2.05) is 29.6 Å². The topological polar surface area (TPSA) is 26.0 Å². The van der Waals surface area contributed by atoms with Gasteiger partial charge < -0.3 is 5.73 Å². The molecule has 0 radical (unpaired) electrons. The van der Waals surface area contributed by atoms with Gasteiger partial charge in [0.15, 0.2) is 0 Å². The number of rotatable bonds is 0. The molecule has 0 fully saturated rings. The number of nitrogen functional groups attached to an aromatic ring is 1. The highest BCUT2D eigenvalue weighted by molar-refractivity contribution is 6.56. The van der Waals surface area contributed by atoms with Crippen LogP contribution in [0.5, 0.6) is 0 Å². The molecule has 0 heterocycles. The highest BCUT2D eigenvalue weighted by Crippen LogP contribution is 2.01. The highest BCUT2D eigenvalue weighted by Gasteiger charge is 2.04. The summed E-state index contributed by atoms with van der Waals surface area (Å²) in [6.45, 7) is 0. The van der Waals surface area contributed by atoms with Crippen molar-refractivity contribution in [2.24, 2.45) is 0 Å². The van der Waals surface area contributed by atoms with E-state index in [4.69, 9.17) is 17.3 Å². The van der Waals surface area contributed by atoms with Crippen LogP contribution >= 0.6 is 11.6 Å². The maximum Gasteiger partial charge on any atom is 0.143 e. The SMILES string of the molecule is Bc1cc(B)c(Cl)c(B)c1N. The largest absolute Gasteiger partial charge is 0.400 e. The standard InChI is InChI=1S/C6H9B3ClN/c7-2-1-3(8)6(11)4(9)5(2)10/h1H,7-9,11H2. The lowest BCUT2D eigenvalue weighted by atomic mass is 9.79. The van der Waals surface area contributed by atoms with Gasteiger partial charge in [-0.2, -0.15) is 0 Å². The van der Waals surface area contributed by atoms with E-state index >= 15 is 0 Å². The van der Waals surface area contributed by atoms with Gasteiger partial charge in [0.1, 0.15) is 23.5 Å². The predicted molar refractivity (Wildman–Crippen MR) is 60.4 cm³/mol. The summed E-state index contributed by atoms with van der Waals surface area (Å²) in [5.74, 6) is 0. The number of halogens is 1. The van der Waals surface area contributed by atoms with Crippen molar-refractivity contribution < 1.29 is 0 Å². The Hall–Kier alpha value is -0.495. The summed E-state index contributed by atoms with van der Waals surface area (Å²) >= 11 is 5.97. The van der Waals surface area contributed by atoms with Gasteiger partial charge in [0, 0.05) is 10.7 Å². The monoisotopic (exact) mass is 163 g/mol. The summed E-state index contributed by atoms with van der Waals surface area (Å²) in [6.07, 6.45) is 0. The Labute approximate surface area is 74.5 Å². The van der Waals surface area contributed by atoms with Gasteiger partial charge in [-0.3, -0.25) is 0 Å². The van der Waals surface area contributed by atoms with Crippen LogP contribution in [-0.2, 0) is 0 Å². The van der Waals surface area contributed by atoms with Crippen LogP contribution < -0.4 is 22.1 Å². The fourth-order valence-electron chi connectivity index (χ4n) is 1.18. The lowest BCUT2D eigenvalue weighted by Crippen LogP contribution is -2.29. The predicted octanol–water partition coefficient (Wildman–Crippen LogP) is -3.30. The van der Waals surface area contributed by atoms with Crippen molar-refractivity contribution >= 4 is 57.2 Å². The Kier molecular flexibility index (Phi) is 2.24. The van der Waals surface area contributed by atoms with Gasteiger partial charge in [0.2, 0.25) is 0 Å². The number of anilines is 1. The van der Waals surface area contributed by atoms with E-state index in [1.54, 1.807) is 0 Å². The third-order valence-corrected chi connectivity index (χ3v) is 2.52. The van der Waals surface area contributed by atoms with E-state index < -0.39 is 0 Å². The lowest BCUT2D eigenvalue weighted by molar-refractivity contribution is 1.85. The Morgan fingerprint density at radius 1 is 1.18 bits per heavy atom. The molecule has 0 aliphatic carbocycles. The first-order valence-corrected chi connectivity index (χ1v) is 3.93. The molecule has 11 heavy (non-hydrogen) atoms. The molecule has 0 saturated carbocycles. The van der Waals surface area contributed by atoms with Crippen molar-refractivity contribution in [1.82, 2.24) is 0 Å². The molecule has 1 nitrogen and oxygen atoms in total. The molecule has 0 bridgehead atoms. The van der Waals surface area contributed by atoms with Crippen LogP contribution in [0.1, 0.15) is 0 Å². The third kappa shape index (κ3) is 1.41. The van der Waals surface area contributed by atoms with E-state index in [1.165, 1.54) is 0 Å². The summed E-state index contributed by atoms with van der Waals surface area (Å²) < 4.78 is 0. The Morgan fingerprint density at radius 3 is 2.27 bits per heavy atom. The molecule has 0 aromatic heterocycles. The zero-order chi connectivity index (χ0) is 8.59. The van der Waals surface area contributed by atoms with Crippen molar-refractivity contribution in [3.05, 3.63) is 11.1 Å². The average molecular weight is 163 g/mol. The first-order chi connectivity index (χ1) is 5.04. The smallest absolute Gasteiger partial charge is 0.143 e. The van der Waals surface area contributed by atoms with Gasteiger partial charge in [0.25, 0.3) is 0 Å². The molecule has 1 rings (SSSR count). The fraction of sp³-hybridized carbons (Fsp3) is 0. The Morgan fingerprint density at radius 2 is 1.73 bits per heavy atom. The zero-order valence-electron chi connectivity index (χ0n) is 7.03. The molecule has 2 N–H and O–H groups in total. The number of hydrogen-bond acceptors (Lipinski definition) is 1. The van der Waals surface area contributed by atoms with Crippen molar-refractivity contribution in [3.8, 4) is 0 Å². The van der Waals surface area contributed by atoms with Crippen molar-refractivity contribution in [2.75, 3.05) is 5.73 Å². The van der Waals surface area contributed by atoms with Crippen molar-refractivity contribution in [2.45, 2.75) is 0 Å². The average Bonchev–Trinajstić information content (AvgIpc) is 1.97. The molecule has 54 valence electrons. The highest BCUT2D eigenvalue weighted by atomic mass is 35.5. The molecule has 0 amide bonds. The Bertz CT molecular complexity index is 274. The van der Waals surface area contributed by atoms with Crippen LogP contribution in [-0.4, -0.2) is 23.5 Å². The van der Waals surface area contributed by atoms with Crippen molar-refractivity contribution in [1.29, 1.82) is 0 Å². The second-order valence-electron chi connectivity index (χ2n) is 2.86. The summed E-state index contributed by atoms with van der Waals surface area (Å²) in [5, 5.41) is 0.785. The van der Waals surface area contributed by atoms with Gasteiger partial charge in [-0.05, 0) is 5.46 Å². The summed E-state index contributed by atoms with van der Waals surface area (Å²) in [4.78, 5) is 0. The first kappa shape index (κ1) is 8.60. The first-order valence-electron chi connectivity index (χ1n) is 3.56. The number of nitrogens with two attached hydrogens (primary N) is 1. The molecule has 0 unspecified atom stereocenters. The minimum Gasteiger partial charge on any atom is -0.400 e. The molecular weight excluding hydrogens is 154 g/mol. The van der Waals surface area contributed by atoms with E-state index in [-0.39, 0.29) is 0 Å². The molecule has 0 aliphatic rings. The van der Waals surface area contributed by atoms with Crippen LogP contribution in [0.4, 0.5) is 5.69 Å². The van der Waals surface area contributed by atoms with E-state index in [0.717, 1.165) is 27.1 Å². The molecule has 0 saturated heterocycles. The fourth-order valence-corrected chi connectivity index (χ4v) is 1.33. The quantitative estimate of drug-likeness (QED) is 0.314. The lowest BCUT2D eigenvalue weighted by Gasteiger charge is -2.09. The minimum absolute atomic E-state index is 0.785. The molecule has 1 aromatic rings. The molecule has 0 aliphatic heterocycles. The third-order valence-electron chi connectivity index (χ3n) is 1.94. The van der Waals surface area contributed by atoms with Gasteiger partial charge in [-0.15, -0.1) is 0 Å². The molecule has 5 heteroatoms. The molecule has 0 spiro atoms. The van der Waals surface area contributed by atoms with Gasteiger partial charge in [0.05, 0.1) is 0 Å². The summed E-state index contributed by atoms with van der Waals surface area (Å²) in [5.41, 5.74) is 9.76. The van der Waals surface area contributed by atoms with E-state index in [2.05, 4.69) is 0 Å². The Balaban J connectivity index is 3.46. The van der Waals surface area contributed by atoms with Crippen LogP contribution in [0.15, 0.2) is 6.07 Å². The second kappa shape index (κ2) is 2.86.